The summed E-state index contributed by atoms with van der Waals surface area (Å²) in [6.45, 7) is 18.4. The van der Waals surface area contributed by atoms with Crippen LogP contribution < -0.4 is 5.32 Å². The molecule has 0 spiro atoms. The number of nitrogens with zero attached hydrogens (tertiary/aromatic N) is 2. The minimum absolute atomic E-state index is 0.0541. The van der Waals surface area contributed by atoms with Crippen LogP contribution in [0.4, 0.5) is 0 Å². The summed E-state index contributed by atoms with van der Waals surface area (Å²) >= 11 is 0. The lowest BCUT2D eigenvalue weighted by Crippen LogP contribution is -2.35. The Hall–Kier alpha value is -1.67. The van der Waals surface area contributed by atoms with Crippen LogP contribution in [-0.4, -0.2) is 87.2 Å². The lowest BCUT2D eigenvalue weighted by atomic mass is 9.94. The fraction of sp³-hybridized carbons (Fsp3) is 0.951. The average molecular weight is 977 g/mol. The molecule has 0 aromatic rings. The molecule has 0 aliphatic rings. The van der Waals surface area contributed by atoms with Crippen LogP contribution in [0.5, 0.6) is 0 Å². The molecule has 0 rings (SSSR count). The van der Waals surface area contributed by atoms with Crippen molar-refractivity contribution in [2.75, 3.05) is 59.5 Å². The second-order valence-corrected chi connectivity index (χ2v) is 21.4. The predicted molar refractivity (Wildman–Crippen MR) is 298 cm³/mol. The van der Waals surface area contributed by atoms with E-state index in [0.717, 1.165) is 155 Å². The zero-order valence-corrected chi connectivity index (χ0v) is 47.4. The van der Waals surface area contributed by atoms with Crippen molar-refractivity contribution in [1.29, 1.82) is 0 Å². The standard InChI is InChI=1S/C61H121N3O5/c1-7-12-17-22-25-26-29-38-49-62-59(65)48-43-50-63(6)53-54-64(51-39-30-32-41-55-68-60(66)57(44-34-20-15-10-4)46-36-27-23-18-13-8-2)52-40-31-33-42-56-69-61(67)58(45-35-21-16-11-5)47-37-28-24-19-14-9-3/h57-58H,7-56H2,1-6H3,(H,62,65). The highest BCUT2D eigenvalue weighted by molar-refractivity contribution is 5.75. The molecule has 0 radical (unpaired) electrons. The molecule has 0 fully saturated rings. The molecule has 0 heterocycles. The van der Waals surface area contributed by atoms with Crippen molar-refractivity contribution in [3.8, 4) is 0 Å². The van der Waals surface area contributed by atoms with Crippen molar-refractivity contribution in [3.63, 3.8) is 0 Å². The maximum atomic E-state index is 13.2. The number of hydrogen-bond donors (Lipinski definition) is 1. The lowest BCUT2D eigenvalue weighted by Gasteiger charge is -2.25. The smallest absolute Gasteiger partial charge is 0.308 e. The summed E-state index contributed by atoms with van der Waals surface area (Å²) in [4.78, 5) is 43.9. The van der Waals surface area contributed by atoms with Gasteiger partial charge in [0.25, 0.3) is 0 Å². The largest absolute Gasteiger partial charge is 0.465 e. The number of likely N-dealkylation sites (N-methyl/N-ethyl adjacent to an activating group) is 1. The molecule has 0 aromatic carbocycles. The number of carbonyl (C=O) groups is 3. The molecule has 0 saturated carbocycles. The van der Waals surface area contributed by atoms with E-state index in [4.69, 9.17) is 9.47 Å². The second-order valence-electron chi connectivity index (χ2n) is 21.4. The first kappa shape index (κ1) is 67.3. The molecule has 0 aliphatic carbocycles. The highest BCUT2D eigenvalue weighted by Gasteiger charge is 2.21. The molecule has 1 amide bonds. The van der Waals surface area contributed by atoms with Gasteiger partial charge in [-0.1, -0.05) is 234 Å². The normalized spacial score (nSPS) is 12.5. The summed E-state index contributed by atoms with van der Waals surface area (Å²) in [5.41, 5.74) is 0. The van der Waals surface area contributed by atoms with Gasteiger partial charge in [-0.3, -0.25) is 14.4 Å². The monoisotopic (exact) mass is 976 g/mol. The van der Waals surface area contributed by atoms with E-state index in [1.165, 1.54) is 148 Å². The highest BCUT2D eigenvalue weighted by atomic mass is 16.5. The first-order valence-electron chi connectivity index (χ1n) is 30.8. The summed E-state index contributed by atoms with van der Waals surface area (Å²) < 4.78 is 11.8. The van der Waals surface area contributed by atoms with Crippen LogP contribution in [0.3, 0.4) is 0 Å². The highest BCUT2D eigenvalue weighted by Crippen LogP contribution is 2.23. The molecule has 2 atom stereocenters. The van der Waals surface area contributed by atoms with E-state index in [0.29, 0.717) is 19.6 Å². The number of amides is 1. The van der Waals surface area contributed by atoms with Gasteiger partial charge >= 0.3 is 11.9 Å². The van der Waals surface area contributed by atoms with Crippen LogP contribution in [0.15, 0.2) is 0 Å². The van der Waals surface area contributed by atoms with Gasteiger partial charge in [0.15, 0.2) is 0 Å². The van der Waals surface area contributed by atoms with Crippen molar-refractivity contribution >= 4 is 17.8 Å². The van der Waals surface area contributed by atoms with Gasteiger partial charge in [0.2, 0.25) is 5.91 Å². The van der Waals surface area contributed by atoms with Gasteiger partial charge in [-0.05, 0) is 90.9 Å². The van der Waals surface area contributed by atoms with E-state index in [2.05, 4.69) is 56.8 Å². The third kappa shape index (κ3) is 47.1. The number of rotatable bonds is 56. The van der Waals surface area contributed by atoms with Crippen LogP contribution in [0, 0.1) is 11.8 Å². The molecule has 0 saturated heterocycles. The number of esters is 2. The minimum atomic E-state index is 0.0541. The van der Waals surface area contributed by atoms with Gasteiger partial charge < -0.3 is 24.6 Å². The fourth-order valence-corrected chi connectivity index (χ4v) is 9.74. The number of nitrogens with one attached hydrogen (secondary N) is 1. The Labute approximate surface area is 430 Å². The molecule has 8 nitrogen and oxygen atoms in total. The van der Waals surface area contributed by atoms with Crippen LogP contribution in [0.1, 0.15) is 304 Å². The number of unbranched alkanes of at least 4 members (excludes halogenated alkanes) is 29. The van der Waals surface area contributed by atoms with Gasteiger partial charge in [-0.25, -0.2) is 0 Å². The topological polar surface area (TPSA) is 88.2 Å². The second kappa shape index (κ2) is 54.1. The molecule has 0 aromatic heterocycles. The van der Waals surface area contributed by atoms with Crippen molar-refractivity contribution in [3.05, 3.63) is 0 Å². The fourth-order valence-electron chi connectivity index (χ4n) is 9.74. The van der Waals surface area contributed by atoms with Crippen LogP contribution in [0.25, 0.3) is 0 Å². The Balaban J connectivity index is 4.88. The molecule has 410 valence electrons. The Kier molecular flexibility index (Phi) is 52.8. The van der Waals surface area contributed by atoms with E-state index in [9.17, 15) is 14.4 Å². The molecule has 2 unspecified atom stereocenters. The van der Waals surface area contributed by atoms with Gasteiger partial charge in [-0.15, -0.1) is 0 Å². The Bertz CT molecular complexity index is 1030. The minimum Gasteiger partial charge on any atom is -0.465 e. The molecule has 0 aliphatic heterocycles. The van der Waals surface area contributed by atoms with Crippen molar-refractivity contribution < 1.29 is 23.9 Å². The Morgan fingerprint density at radius 2 is 0.696 bits per heavy atom. The van der Waals surface area contributed by atoms with Gasteiger partial charge in [0, 0.05) is 26.1 Å². The van der Waals surface area contributed by atoms with Crippen molar-refractivity contribution in [1.82, 2.24) is 15.1 Å². The van der Waals surface area contributed by atoms with Crippen LogP contribution >= 0.6 is 0 Å². The zero-order valence-electron chi connectivity index (χ0n) is 47.4. The predicted octanol–water partition coefficient (Wildman–Crippen LogP) is 17.1. The van der Waals surface area contributed by atoms with Gasteiger partial charge in [-0.2, -0.15) is 0 Å². The van der Waals surface area contributed by atoms with Crippen molar-refractivity contribution in [2.24, 2.45) is 11.8 Å². The lowest BCUT2D eigenvalue weighted by molar-refractivity contribution is -0.150. The first-order valence-corrected chi connectivity index (χ1v) is 30.8. The third-order valence-corrected chi connectivity index (χ3v) is 14.6. The van der Waals surface area contributed by atoms with E-state index in [-0.39, 0.29) is 29.7 Å². The van der Waals surface area contributed by atoms with Gasteiger partial charge in [0.1, 0.15) is 0 Å². The number of ether oxygens (including phenoxy) is 2. The summed E-state index contributed by atoms with van der Waals surface area (Å²) in [5, 5.41) is 3.16. The summed E-state index contributed by atoms with van der Waals surface area (Å²) in [5.74, 6) is 0.461. The zero-order chi connectivity index (χ0) is 50.5. The van der Waals surface area contributed by atoms with Crippen LogP contribution in [-0.2, 0) is 23.9 Å². The number of carbonyl (C=O) groups excluding carboxylic acids is 3. The quantitative estimate of drug-likeness (QED) is 0.0480. The Morgan fingerprint density at radius 3 is 1.10 bits per heavy atom. The maximum Gasteiger partial charge on any atom is 0.308 e. The first-order chi connectivity index (χ1) is 33.8. The molecule has 69 heavy (non-hydrogen) atoms. The maximum absolute atomic E-state index is 13.2. The average Bonchev–Trinajstić information content (AvgIpc) is 3.34. The van der Waals surface area contributed by atoms with E-state index >= 15 is 0 Å². The summed E-state index contributed by atoms with van der Waals surface area (Å²) in [6.07, 6.45) is 49.3. The molecule has 8 heteroatoms. The molecule has 1 N–H and O–H groups in total. The SMILES string of the molecule is CCCCCCCCCCNC(=O)CCCN(C)CCN(CCCCCCOC(=O)C(CCCCCC)CCCCCCCC)CCCCCCOC(=O)C(CCCCCC)CCCCCCCC. The van der Waals surface area contributed by atoms with E-state index in [1.54, 1.807) is 0 Å². The van der Waals surface area contributed by atoms with Crippen molar-refractivity contribution in [2.45, 2.75) is 304 Å². The summed E-state index contributed by atoms with van der Waals surface area (Å²) in [7, 11) is 2.20. The molecular formula is C61H121N3O5. The van der Waals surface area contributed by atoms with Crippen LogP contribution in [0.2, 0.25) is 0 Å². The molecule has 0 bridgehead atoms. The van der Waals surface area contributed by atoms with Gasteiger partial charge in [0.05, 0.1) is 25.0 Å². The van der Waals surface area contributed by atoms with E-state index < -0.39 is 0 Å². The van der Waals surface area contributed by atoms with E-state index in [1.807, 2.05) is 0 Å². The summed E-state index contributed by atoms with van der Waals surface area (Å²) in [6, 6.07) is 0. The third-order valence-electron chi connectivity index (χ3n) is 14.6. The number of hydrogen-bond acceptors (Lipinski definition) is 7. The Morgan fingerprint density at radius 1 is 0.362 bits per heavy atom. The molecular weight excluding hydrogens is 855 g/mol.